The SMILES string of the molecule is O.O=c1[nH]cnc2c1ncn2[C@@H]1O[C@H](CO)CC1F.[H-].[Na+]. The van der Waals surface area contributed by atoms with E-state index >= 15 is 0 Å². The molecule has 0 aliphatic carbocycles. The standard InChI is InChI=1S/C10H11FN4O3.Na.H2O.H/c11-6-1-5(2-16)18-10(6)15-4-14-7-8(15)12-3-13-9(7)17;;;/h3-6,10,16H,1-2H2,(H,12,13,17);;1H2;/q;+1;;-1/t5-,6?,10+;;;/m0.../s1. The molecule has 3 atom stereocenters. The van der Waals surface area contributed by atoms with Gasteiger partial charge < -0.3 is 21.7 Å². The smallest absolute Gasteiger partial charge is 1.00 e. The van der Waals surface area contributed by atoms with E-state index in [0.717, 1.165) is 0 Å². The van der Waals surface area contributed by atoms with Gasteiger partial charge in [0.1, 0.15) is 6.17 Å². The second-order valence-corrected chi connectivity index (χ2v) is 4.14. The van der Waals surface area contributed by atoms with Crippen LogP contribution in [0, 0.1) is 0 Å². The first-order valence-corrected chi connectivity index (χ1v) is 5.51. The minimum Gasteiger partial charge on any atom is -1.00 e. The Hall–Kier alpha value is -0.840. The fourth-order valence-electron chi connectivity index (χ4n) is 2.11. The molecule has 10 heteroatoms. The van der Waals surface area contributed by atoms with Crippen molar-refractivity contribution < 1.29 is 50.7 Å². The molecule has 20 heavy (non-hydrogen) atoms. The summed E-state index contributed by atoms with van der Waals surface area (Å²) in [5.74, 6) is 0. The number of rotatable bonds is 2. The molecule has 4 N–H and O–H groups in total. The van der Waals surface area contributed by atoms with Crippen molar-refractivity contribution in [1.82, 2.24) is 19.5 Å². The molecule has 0 amide bonds. The number of aliphatic hydroxyl groups is 1. The van der Waals surface area contributed by atoms with Crippen molar-refractivity contribution in [3.63, 3.8) is 0 Å². The second kappa shape index (κ2) is 6.74. The van der Waals surface area contributed by atoms with E-state index in [1.165, 1.54) is 17.2 Å². The molecule has 1 saturated heterocycles. The summed E-state index contributed by atoms with van der Waals surface area (Å²) in [6, 6.07) is 0. The van der Waals surface area contributed by atoms with Crippen LogP contribution in [0.15, 0.2) is 17.4 Å². The Morgan fingerprint density at radius 2 is 2.35 bits per heavy atom. The summed E-state index contributed by atoms with van der Waals surface area (Å²) in [7, 11) is 0. The average Bonchev–Trinajstić information content (AvgIpc) is 2.93. The molecule has 1 aliphatic heterocycles. The molecule has 1 fully saturated rings. The van der Waals surface area contributed by atoms with Crippen molar-refractivity contribution in [2.45, 2.75) is 24.9 Å². The number of H-pyrrole nitrogens is 1. The number of aromatic amines is 1. The maximum absolute atomic E-state index is 13.8. The molecule has 2 aromatic heterocycles. The number of aliphatic hydroxyl groups excluding tert-OH is 1. The summed E-state index contributed by atoms with van der Waals surface area (Å²) in [5, 5.41) is 8.97. The predicted octanol–water partition coefficient (Wildman–Crippen LogP) is -3.97. The van der Waals surface area contributed by atoms with E-state index in [9.17, 15) is 9.18 Å². The van der Waals surface area contributed by atoms with Crippen LogP contribution in [0.3, 0.4) is 0 Å². The predicted molar refractivity (Wildman–Crippen MR) is 63.4 cm³/mol. The molecule has 0 aromatic carbocycles. The number of fused-ring (bicyclic) bond motifs is 1. The summed E-state index contributed by atoms with van der Waals surface area (Å²) in [5.41, 5.74) is 0.0246. The minimum atomic E-state index is -1.26. The molecular weight excluding hydrogens is 282 g/mol. The van der Waals surface area contributed by atoms with Crippen LogP contribution in [0.1, 0.15) is 14.1 Å². The molecule has 0 radical (unpaired) electrons. The molecule has 1 unspecified atom stereocenters. The number of hydrogen-bond donors (Lipinski definition) is 2. The number of hydrogen-bond acceptors (Lipinski definition) is 5. The molecule has 3 rings (SSSR count). The van der Waals surface area contributed by atoms with Crippen LogP contribution in [0.4, 0.5) is 4.39 Å². The van der Waals surface area contributed by atoms with Gasteiger partial charge >= 0.3 is 29.6 Å². The number of ether oxygens (including phenoxy) is 1. The van der Waals surface area contributed by atoms with Crippen LogP contribution < -0.4 is 35.1 Å². The summed E-state index contributed by atoms with van der Waals surface area (Å²) in [4.78, 5) is 21.7. The third kappa shape index (κ3) is 2.78. The van der Waals surface area contributed by atoms with E-state index < -0.39 is 18.5 Å². The summed E-state index contributed by atoms with van der Waals surface area (Å²) in [6.07, 6.45) is -0.0331. The summed E-state index contributed by atoms with van der Waals surface area (Å²) >= 11 is 0. The molecule has 0 spiro atoms. The topological polar surface area (TPSA) is 125 Å². The van der Waals surface area contributed by atoms with Crippen LogP contribution in [0.5, 0.6) is 0 Å². The van der Waals surface area contributed by atoms with Crippen LogP contribution >= 0.6 is 0 Å². The first-order chi connectivity index (χ1) is 8.70. The van der Waals surface area contributed by atoms with Crippen molar-refractivity contribution in [1.29, 1.82) is 0 Å². The molecule has 3 heterocycles. The molecule has 106 valence electrons. The molecule has 1 aliphatic rings. The number of alkyl halides is 1. The third-order valence-electron chi connectivity index (χ3n) is 2.97. The van der Waals surface area contributed by atoms with E-state index in [2.05, 4.69) is 15.0 Å². The number of nitrogens with zero attached hydrogens (tertiary/aromatic N) is 3. The number of halogens is 1. The number of imidazole rings is 1. The monoisotopic (exact) mass is 296 g/mol. The second-order valence-electron chi connectivity index (χ2n) is 4.14. The van der Waals surface area contributed by atoms with Crippen LogP contribution in [-0.4, -0.2) is 49.0 Å². The van der Waals surface area contributed by atoms with Gasteiger partial charge in [0.2, 0.25) is 0 Å². The van der Waals surface area contributed by atoms with Crippen LogP contribution in [0.2, 0.25) is 0 Å². The Kier molecular flexibility index (Phi) is 5.80. The third-order valence-corrected chi connectivity index (χ3v) is 2.97. The first kappa shape index (κ1) is 17.2. The van der Waals surface area contributed by atoms with Crippen molar-refractivity contribution in [3.05, 3.63) is 23.0 Å². The fraction of sp³-hybridized carbons (Fsp3) is 0.500. The number of nitrogens with one attached hydrogen (secondary N) is 1. The zero-order valence-electron chi connectivity index (χ0n) is 11.8. The van der Waals surface area contributed by atoms with Crippen molar-refractivity contribution >= 4 is 11.2 Å². The molecule has 2 aromatic rings. The van der Waals surface area contributed by atoms with Gasteiger partial charge in [0.05, 0.1) is 25.4 Å². The zero-order chi connectivity index (χ0) is 12.7. The van der Waals surface area contributed by atoms with Gasteiger partial charge in [0, 0.05) is 6.42 Å². The first-order valence-electron chi connectivity index (χ1n) is 5.51. The van der Waals surface area contributed by atoms with Gasteiger partial charge in [-0.25, -0.2) is 14.4 Å². The molecule has 8 nitrogen and oxygen atoms in total. The van der Waals surface area contributed by atoms with Crippen molar-refractivity contribution in [3.8, 4) is 0 Å². The normalized spacial score (nSPS) is 25.2. The van der Waals surface area contributed by atoms with Gasteiger partial charge in [-0.15, -0.1) is 0 Å². The van der Waals surface area contributed by atoms with E-state index in [1.54, 1.807) is 0 Å². The maximum atomic E-state index is 13.8. The van der Waals surface area contributed by atoms with Gasteiger partial charge in [0.25, 0.3) is 5.56 Å². The Labute approximate surface area is 136 Å². The zero-order valence-corrected chi connectivity index (χ0v) is 12.8. The van der Waals surface area contributed by atoms with Gasteiger partial charge in [-0.3, -0.25) is 9.36 Å². The molecule has 0 saturated carbocycles. The van der Waals surface area contributed by atoms with E-state index in [4.69, 9.17) is 9.84 Å². The van der Waals surface area contributed by atoms with Gasteiger partial charge in [0.15, 0.2) is 17.4 Å². The molecular formula is C10H14FN4NaO4. The van der Waals surface area contributed by atoms with E-state index in [-0.39, 0.29) is 66.2 Å². The Morgan fingerprint density at radius 1 is 1.60 bits per heavy atom. The molecule has 0 bridgehead atoms. The Morgan fingerprint density at radius 3 is 3.00 bits per heavy atom. The van der Waals surface area contributed by atoms with Crippen LogP contribution in [-0.2, 0) is 4.74 Å². The summed E-state index contributed by atoms with van der Waals surface area (Å²) < 4.78 is 20.6. The Bertz CT molecular complexity index is 639. The van der Waals surface area contributed by atoms with Crippen LogP contribution in [0.25, 0.3) is 11.2 Å². The average molecular weight is 296 g/mol. The van der Waals surface area contributed by atoms with Crippen molar-refractivity contribution in [2.75, 3.05) is 6.61 Å². The van der Waals surface area contributed by atoms with Gasteiger partial charge in [-0.05, 0) is 0 Å². The fourth-order valence-corrected chi connectivity index (χ4v) is 2.11. The summed E-state index contributed by atoms with van der Waals surface area (Å²) in [6.45, 7) is -0.239. The van der Waals surface area contributed by atoms with Gasteiger partial charge in [-0.1, -0.05) is 0 Å². The van der Waals surface area contributed by atoms with E-state index in [1.807, 2.05) is 0 Å². The number of aromatic nitrogens is 4. The quantitative estimate of drug-likeness (QED) is 0.547. The van der Waals surface area contributed by atoms with Crippen molar-refractivity contribution in [2.24, 2.45) is 0 Å². The van der Waals surface area contributed by atoms with Gasteiger partial charge in [-0.2, -0.15) is 0 Å². The Balaban J connectivity index is 0.00000133. The largest absolute Gasteiger partial charge is 1.00 e. The minimum absolute atomic E-state index is 0. The van der Waals surface area contributed by atoms with E-state index in [0.29, 0.717) is 0 Å². The maximum Gasteiger partial charge on any atom is 1.00 e.